The Balaban J connectivity index is 2.79. The molecule has 1 saturated heterocycles. The quantitative estimate of drug-likeness (QED) is 0.786. The molecule has 1 atom stereocenters. The molecular weight excluding hydrogens is 252 g/mol. The van der Waals surface area contributed by atoms with E-state index in [2.05, 4.69) is 5.16 Å². The van der Waals surface area contributed by atoms with Crippen LogP contribution in [0.3, 0.4) is 0 Å². The molecule has 1 aliphatic rings. The van der Waals surface area contributed by atoms with Crippen LogP contribution in [0.15, 0.2) is 5.16 Å². The van der Waals surface area contributed by atoms with Gasteiger partial charge in [-0.05, 0) is 27.7 Å². The standard InChI is InChI=1S/C12H20N2O5/c1-5-18-13-8-6-9(10(15)16)14(7-8)11(17)19-12(2,3)4/h9H,5-7H2,1-4H3,(H,15,16)/b13-8+/t9-/m0/s1. The van der Waals surface area contributed by atoms with Crippen molar-refractivity contribution in [1.82, 2.24) is 4.90 Å². The third-order valence-electron chi connectivity index (χ3n) is 2.39. The summed E-state index contributed by atoms with van der Waals surface area (Å²) in [5.41, 5.74) is -0.139. The lowest BCUT2D eigenvalue weighted by atomic mass is 10.2. The first-order chi connectivity index (χ1) is 8.74. The van der Waals surface area contributed by atoms with Crippen LogP contribution in [0.25, 0.3) is 0 Å². The van der Waals surface area contributed by atoms with Gasteiger partial charge in [0.1, 0.15) is 18.2 Å². The molecule has 1 N–H and O–H groups in total. The molecule has 1 rings (SSSR count). The Bertz CT molecular complexity index is 386. The highest BCUT2D eigenvalue weighted by molar-refractivity contribution is 5.98. The zero-order valence-electron chi connectivity index (χ0n) is 11.7. The average molecular weight is 272 g/mol. The van der Waals surface area contributed by atoms with E-state index in [-0.39, 0.29) is 13.0 Å². The van der Waals surface area contributed by atoms with Crippen LogP contribution in [-0.2, 0) is 14.4 Å². The van der Waals surface area contributed by atoms with Gasteiger partial charge in [0.25, 0.3) is 0 Å². The highest BCUT2D eigenvalue weighted by Crippen LogP contribution is 2.20. The summed E-state index contributed by atoms with van der Waals surface area (Å²) in [6.45, 7) is 7.47. The number of rotatable bonds is 3. The van der Waals surface area contributed by atoms with Crippen LogP contribution in [0.4, 0.5) is 4.79 Å². The normalized spacial score (nSPS) is 21.6. The smallest absolute Gasteiger partial charge is 0.411 e. The summed E-state index contributed by atoms with van der Waals surface area (Å²) in [7, 11) is 0. The summed E-state index contributed by atoms with van der Waals surface area (Å²) in [6.07, 6.45) is -0.490. The molecule has 19 heavy (non-hydrogen) atoms. The Hall–Kier alpha value is -1.79. The first-order valence-electron chi connectivity index (χ1n) is 6.14. The van der Waals surface area contributed by atoms with Crippen molar-refractivity contribution < 1.29 is 24.3 Å². The van der Waals surface area contributed by atoms with Crippen molar-refractivity contribution in [1.29, 1.82) is 0 Å². The number of carboxylic acids is 1. The topological polar surface area (TPSA) is 88.4 Å². The fourth-order valence-electron chi connectivity index (χ4n) is 1.66. The minimum absolute atomic E-state index is 0.117. The minimum atomic E-state index is -1.08. The fourth-order valence-corrected chi connectivity index (χ4v) is 1.66. The number of aliphatic carboxylic acids is 1. The van der Waals surface area contributed by atoms with Crippen molar-refractivity contribution in [2.24, 2.45) is 5.16 Å². The van der Waals surface area contributed by atoms with E-state index >= 15 is 0 Å². The molecule has 7 heteroatoms. The van der Waals surface area contributed by atoms with E-state index in [1.807, 2.05) is 0 Å². The van der Waals surface area contributed by atoms with Crippen molar-refractivity contribution in [3.63, 3.8) is 0 Å². The third kappa shape index (κ3) is 4.42. The Morgan fingerprint density at radius 3 is 2.58 bits per heavy atom. The zero-order valence-corrected chi connectivity index (χ0v) is 11.7. The van der Waals surface area contributed by atoms with E-state index in [9.17, 15) is 9.59 Å². The van der Waals surface area contributed by atoms with E-state index in [0.717, 1.165) is 4.90 Å². The lowest BCUT2D eigenvalue weighted by Gasteiger charge is -2.26. The van der Waals surface area contributed by atoms with Crippen molar-refractivity contribution in [3.8, 4) is 0 Å². The Morgan fingerprint density at radius 1 is 1.47 bits per heavy atom. The van der Waals surface area contributed by atoms with Crippen LogP contribution in [0.1, 0.15) is 34.1 Å². The van der Waals surface area contributed by atoms with Gasteiger partial charge in [0.05, 0.1) is 12.3 Å². The molecule has 1 amide bonds. The van der Waals surface area contributed by atoms with Gasteiger partial charge in [-0.15, -0.1) is 0 Å². The van der Waals surface area contributed by atoms with Crippen LogP contribution in [0.5, 0.6) is 0 Å². The van der Waals surface area contributed by atoms with E-state index in [4.69, 9.17) is 14.7 Å². The van der Waals surface area contributed by atoms with Gasteiger partial charge >= 0.3 is 12.1 Å². The number of carboxylic acid groups (broad SMARTS) is 1. The molecule has 0 aromatic heterocycles. The Kier molecular flexibility index (Phi) is 4.74. The molecule has 0 bridgehead atoms. The monoisotopic (exact) mass is 272 g/mol. The zero-order chi connectivity index (χ0) is 14.6. The van der Waals surface area contributed by atoms with E-state index in [1.165, 1.54) is 0 Å². The molecule has 1 fully saturated rings. The minimum Gasteiger partial charge on any atom is -0.480 e. The maximum absolute atomic E-state index is 11.9. The molecule has 1 heterocycles. The number of hydrogen-bond acceptors (Lipinski definition) is 5. The molecular formula is C12H20N2O5. The fraction of sp³-hybridized carbons (Fsp3) is 0.750. The molecule has 108 valence electrons. The highest BCUT2D eigenvalue weighted by atomic mass is 16.6. The highest BCUT2D eigenvalue weighted by Gasteiger charge is 2.40. The van der Waals surface area contributed by atoms with E-state index < -0.39 is 23.7 Å². The van der Waals surface area contributed by atoms with Gasteiger partial charge in [-0.2, -0.15) is 0 Å². The molecule has 7 nitrogen and oxygen atoms in total. The maximum atomic E-state index is 11.9. The number of hydrogen-bond donors (Lipinski definition) is 1. The Morgan fingerprint density at radius 2 is 2.11 bits per heavy atom. The summed E-state index contributed by atoms with van der Waals surface area (Å²) in [5.74, 6) is -1.08. The molecule has 0 spiro atoms. The first-order valence-corrected chi connectivity index (χ1v) is 6.14. The molecule has 0 saturated carbocycles. The predicted molar refractivity (Wildman–Crippen MR) is 68.0 cm³/mol. The number of nitrogens with zero attached hydrogens (tertiary/aromatic N) is 2. The predicted octanol–water partition coefficient (Wildman–Crippen LogP) is 1.47. The number of likely N-dealkylation sites (tertiary alicyclic amines) is 1. The van der Waals surface area contributed by atoms with Crippen molar-refractivity contribution >= 4 is 17.8 Å². The first kappa shape index (κ1) is 15.3. The van der Waals surface area contributed by atoms with Crippen molar-refractivity contribution in [3.05, 3.63) is 0 Å². The summed E-state index contributed by atoms with van der Waals surface area (Å²) in [6, 6.07) is -0.950. The second-order valence-corrected chi connectivity index (χ2v) is 5.24. The van der Waals surface area contributed by atoms with Crippen LogP contribution < -0.4 is 0 Å². The SMILES string of the molecule is CCO/N=C1\C[C@@H](C(=O)O)N(C(=O)OC(C)(C)C)C1. The lowest BCUT2D eigenvalue weighted by Crippen LogP contribution is -2.43. The summed E-state index contributed by atoms with van der Waals surface area (Å²) in [4.78, 5) is 29.1. The number of amides is 1. The van der Waals surface area contributed by atoms with E-state index in [1.54, 1.807) is 27.7 Å². The third-order valence-corrected chi connectivity index (χ3v) is 2.39. The van der Waals surface area contributed by atoms with Crippen LogP contribution in [-0.4, -0.2) is 52.6 Å². The average Bonchev–Trinajstić information content (AvgIpc) is 2.68. The van der Waals surface area contributed by atoms with Gasteiger partial charge in [-0.1, -0.05) is 5.16 Å². The molecule has 0 unspecified atom stereocenters. The van der Waals surface area contributed by atoms with Crippen LogP contribution in [0.2, 0.25) is 0 Å². The molecule has 0 radical (unpaired) electrons. The number of carbonyl (C=O) groups is 2. The Labute approximate surface area is 112 Å². The van der Waals surface area contributed by atoms with Gasteiger partial charge in [-0.3, -0.25) is 4.90 Å². The lowest BCUT2D eigenvalue weighted by molar-refractivity contribution is -0.142. The molecule has 0 aliphatic carbocycles. The molecule has 1 aliphatic heterocycles. The summed E-state index contributed by atoms with van der Waals surface area (Å²) >= 11 is 0. The van der Waals surface area contributed by atoms with Gasteiger partial charge in [0.2, 0.25) is 0 Å². The summed E-state index contributed by atoms with van der Waals surface area (Å²) in [5, 5.41) is 12.9. The van der Waals surface area contributed by atoms with Crippen molar-refractivity contribution in [2.75, 3.05) is 13.2 Å². The van der Waals surface area contributed by atoms with Crippen LogP contribution >= 0.6 is 0 Å². The molecule has 0 aromatic rings. The number of ether oxygens (including phenoxy) is 1. The van der Waals surface area contributed by atoms with Crippen LogP contribution in [0, 0.1) is 0 Å². The second kappa shape index (κ2) is 5.90. The maximum Gasteiger partial charge on any atom is 0.411 e. The largest absolute Gasteiger partial charge is 0.480 e. The van der Waals surface area contributed by atoms with E-state index in [0.29, 0.717) is 12.3 Å². The van der Waals surface area contributed by atoms with Gasteiger partial charge in [-0.25, -0.2) is 9.59 Å². The summed E-state index contributed by atoms with van der Waals surface area (Å²) < 4.78 is 5.18. The number of oxime groups is 1. The van der Waals surface area contributed by atoms with Crippen molar-refractivity contribution in [2.45, 2.75) is 45.8 Å². The molecule has 0 aromatic carbocycles. The van der Waals surface area contributed by atoms with Gasteiger partial charge in [0, 0.05) is 6.42 Å². The second-order valence-electron chi connectivity index (χ2n) is 5.24. The van der Waals surface area contributed by atoms with Gasteiger partial charge in [0.15, 0.2) is 0 Å². The van der Waals surface area contributed by atoms with Gasteiger partial charge < -0.3 is 14.7 Å². The number of carbonyl (C=O) groups excluding carboxylic acids is 1.